The van der Waals surface area contributed by atoms with Crippen LogP contribution in [0.25, 0.3) is 5.69 Å². The molecule has 0 atom stereocenters. The van der Waals surface area contributed by atoms with Gasteiger partial charge in [0.25, 0.3) is 5.91 Å². The second-order valence-electron chi connectivity index (χ2n) is 6.35. The fourth-order valence-corrected chi connectivity index (χ4v) is 3.63. The van der Waals surface area contributed by atoms with E-state index in [1.807, 2.05) is 6.92 Å². The molecule has 138 valence electrons. The van der Waals surface area contributed by atoms with E-state index in [1.54, 1.807) is 18.2 Å². The lowest BCUT2D eigenvalue weighted by Gasteiger charge is -2.41. The molecule has 1 heterocycles. The number of hydrogen-bond donors (Lipinski definition) is 2. The minimum Gasteiger partial charge on any atom is -0.481 e. The highest BCUT2D eigenvalue weighted by Gasteiger charge is 2.41. The first-order chi connectivity index (χ1) is 12.3. The van der Waals surface area contributed by atoms with Crippen molar-refractivity contribution in [2.45, 2.75) is 44.6 Å². The van der Waals surface area contributed by atoms with Crippen molar-refractivity contribution in [3.63, 3.8) is 0 Å². The second kappa shape index (κ2) is 7.25. The van der Waals surface area contributed by atoms with Gasteiger partial charge in [-0.1, -0.05) is 36.2 Å². The van der Waals surface area contributed by atoms with E-state index in [0.29, 0.717) is 40.8 Å². The Hall–Kier alpha value is -2.12. The van der Waals surface area contributed by atoms with Crippen LogP contribution in [0.15, 0.2) is 18.2 Å². The molecule has 0 radical (unpaired) electrons. The van der Waals surface area contributed by atoms with Crippen molar-refractivity contribution in [1.29, 1.82) is 0 Å². The fraction of sp³-hybridized carbons (Fsp3) is 0.412. The van der Waals surface area contributed by atoms with Gasteiger partial charge in [-0.05, 0) is 31.4 Å². The zero-order valence-corrected chi connectivity index (χ0v) is 15.6. The Morgan fingerprint density at radius 2 is 1.96 bits per heavy atom. The number of rotatable bonds is 6. The number of aromatic nitrogens is 3. The Morgan fingerprint density at radius 3 is 2.46 bits per heavy atom. The van der Waals surface area contributed by atoms with E-state index in [0.717, 1.165) is 6.42 Å². The van der Waals surface area contributed by atoms with Gasteiger partial charge in [-0.15, -0.1) is 5.10 Å². The standard InChI is InChI=1S/C17H18Cl2N4O3/c1-2-12-20-15(16(26)21-17(7-4-8-17)9-13(24)25)22-23(12)14-10(18)5-3-6-11(14)19/h3,5-6H,2,4,7-9H2,1H3,(H,21,26)(H,24,25). The number of carboxylic acids is 1. The molecule has 2 aromatic rings. The van der Waals surface area contributed by atoms with E-state index < -0.39 is 17.4 Å². The summed E-state index contributed by atoms with van der Waals surface area (Å²) >= 11 is 12.5. The molecule has 0 unspecified atom stereocenters. The van der Waals surface area contributed by atoms with Crippen LogP contribution in [0.2, 0.25) is 10.0 Å². The summed E-state index contributed by atoms with van der Waals surface area (Å²) in [4.78, 5) is 28.0. The van der Waals surface area contributed by atoms with Crippen LogP contribution in [0.3, 0.4) is 0 Å². The van der Waals surface area contributed by atoms with E-state index in [2.05, 4.69) is 15.4 Å². The molecule has 1 aliphatic carbocycles. The SMILES string of the molecule is CCc1nc(C(=O)NC2(CC(=O)O)CCC2)nn1-c1c(Cl)cccc1Cl. The molecule has 1 aromatic carbocycles. The summed E-state index contributed by atoms with van der Waals surface area (Å²) in [5.74, 6) is -0.941. The number of para-hydroxylation sites is 1. The lowest BCUT2D eigenvalue weighted by molar-refractivity contribution is -0.139. The van der Waals surface area contributed by atoms with Gasteiger partial charge in [0.2, 0.25) is 5.82 Å². The maximum absolute atomic E-state index is 12.6. The predicted octanol–water partition coefficient (Wildman–Crippen LogP) is 3.26. The molecule has 1 fully saturated rings. The minimum absolute atomic E-state index is 0.0329. The largest absolute Gasteiger partial charge is 0.481 e. The summed E-state index contributed by atoms with van der Waals surface area (Å²) in [6, 6.07) is 5.08. The van der Waals surface area contributed by atoms with Gasteiger partial charge in [0, 0.05) is 6.42 Å². The summed E-state index contributed by atoms with van der Waals surface area (Å²) in [6.45, 7) is 1.88. The summed E-state index contributed by atoms with van der Waals surface area (Å²) in [7, 11) is 0. The van der Waals surface area contributed by atoms with Crippen LogP contribution < -0.4 is 5.32 Å². The molecule has 0 aliphatic heterocycles. The lowest BCUT2D eigenvalue weighted by atomic mass is 9.74. The van der Waals surface area contributed by atoms with Crippen LogP contribution in [-0.4, -0.2) is 37.3 Å². The van der Waals surface area contributed by atoms with Crippen LogP contribution in [0.5, 0.6) is 0 Å². The molecular formula is C17H18Cl2N4O3. The number of amides is 1. The number of benzene rings is 1. The van der Waals surface area contributed by atoms with Gasteiger partial charge >= 0.3 is 5.97 Å². The highest BCUT2D eigenvalue weighted by atomic mass is 35.5. The van der Waals surface area contributed by atoms with Crippen LogP contribution >= 0.6 is 23.2 Å². The second-order valence-corrected chi connectivity index (χ2v) is 7.16. The number of carboxylic acid groups (broad SMARTS) is 1. The Kier molecular flexibility index (Phi) is 5.20. The lowest BCUT2D eigenvalue weighted by Crippen LogP contribution is -2.54. The van der Waals surface area contributed by atoms with Crippen LogP contribution in [-0.2, 0) is 11.2 Å². The number of carbonyl (C=O) groups is 2. The van der Waals surface area contributed by atoms with Gasteiger partial charge < -0.3 is 10.4 Å². The molecule has 2 N–H and O–H groups in total. The summed E-state index contributed by atoms with van der Waals surface area (Å²) in [5.41, 5.74) is -0.258. The molecular weight excluding hydrogens is 379 g/mol. The number of nitrogens with one attached hydrogen (secondary N) is 1. The number of hydrogen-bond acceptors (Lipinski definition) is 4. The molecule has 0 saturated heterocycles. The van der Waals surface area contributed by atoms with Crippen molar-refractivity contribution in [1.82, 2.24) is 20.1 Å². The fourth-order valence-electron chi connectivity index (χ4n) is 3.08. The maximum atomic E-state index is 12.6. The Morgan fingerprint density at radius 1 is 1.31 bits per heavy atom. The number of aliphatic carboxylic acids is 1. The van der Waals surface area contributed by atoms with Crippen LogP contribution in [0.4, 0.5) is 0 Å². The molecule has 3 rings (SSSR count). The van der Waals surface area contributed by atoms with Crippen molar-refractivity contribution < 1.29 is 14.7 Å². The van der Waals surface area contributed by atoms with Gasteiger partial charge in [-0.2, -0.15) is 0 Å². The average molecular weight is 397 g/mol. The van der Waals surface area contributed by atoms with E-state index in [4.69, 9.17) is 28.3 Å². The average Bonchev–Trinajstić information content (AvgIpc) is 2.96. The van der Waals surface area contributed by atoms with Gasteiger partial charge in [-0.3, -0.25) is 9.59 Å². The van der Waals surface area contributed by atoms with Crippen molar-refractivity contribution in [2.75, 3.05) is 0 Å². The Bertz CT molecular complexity index is 841. The monoisotopic (exact) mass is 396 g/mol. The van der Waals surface area contributed by atoms with E-state index in [1.165, 1.54) is 4.68 Å². The van der Waals surface area contributed by atoms with Gasteiger partial charge in [0.05, 0.1) is 22.0 Å². The quantitative estimate of drug-likeness (QED) is 0.780. The first kappa shape index (κ1) is 18.7. The van der Waals surface area contributed by atoms with E-state index in [-0.39, 0.29) is 12.2 Å². The normalized spacial score (nSPS) is 15.3. The molecule has 1 aromatic heterocycles. The zero-order valence-electron chi connectivity index (χ0n) is 14.1. The van der Waals surface area contributed by atoms with Crippen LogP contribution in [0.1, 0.15) is 49.1 Å². The van der Waals surface area contributed by atoms with Crippen LogP contribution in [0, 0.1) is 0 Å². The topological polar surface area (TPSA) is 97.1 Å². The summed E-state index contributed by atoms with van der Waals surface area (Å²) in [6.07, 6.45) is 2.54. The smallest absolute Gasteiger partial charge is 0.305 e. The van der Waals surface area contributed by atoms with E-state index in [9.17, 15) is 9.59 Å². The first-order valence-electron chi connectivity index (χ1n) is 8.30. The van der Waals surface area contributed by atoms with Crippen molar-refractivity contribution in [3.8, 4) is 5.69 Å². The highest BCUT2D eigenvalue weighted by molar-refractivity contribution is 6.37. The molecule has 1 amide bonds. The van der Waals surface area contributed by atoms with E-state index >= 15 is 0 Å². The van der Waals surface area contributed by atoms with Gasteiger partial charge in [0.15, 0.2) is 0 Å². The van der Waals surface area contributed by atoms with Gasteiger partial charge in [-0.25, -0.2) is 9.67 Å². The Labute approximate surface area is 160 Å². The Balaban J connectivity index is 1.91. The number of carbonyl (C=O) groups excluding carboxylic acids is 1. The van der Waals surface area contributed by atoms with Crippen molar-refractivity contribution in [3.05, 3.63) is 39.9 Å². The summed E-state index contributed by atoms with van der Waals surface area (Å²) in [5, 5.41) is 16.9. The highest BCUT2D eigenvalue weighted by Crippen LogP contribution is 2.35. The third kappa shape index (κ3) is 3.54. The molecule has 7 nitrogen and oxygen atoms in total. The molecule has 26 heavy (non-hydrogen) atoms. The third-order valence-electron chi connectivity index (χ3n) is 4.52. The molecule has 0 bridgehead atoms. The number of halogens is 2. The third-order valence-corrected chi connectivity index (χ3v) is 5.13. The molecule has 1 aliphatic rings. The number of aryl methyl sites for hydroxylation is 1. The van der Waals surface area contributed by atoms with Crippen molar-refractivity contribution in [2.24, 2.45) is 0 Å². The zero-order chi connectivity index (χ0) is 18.9. The predicted molar refractivity (Wildman–Crippen MR) is 97.1 cm³/mol. The van der Waals surface area contributed by atoms with Gasteiger partial charge in [0.1, 0.15) is 11.5 Å². The first-order valence-corrected chi connectivity index (χ1v) is 9.05. The molecule has 0 spiro atoms. The number of nitrogens with zero attached hydrogens (tertiary/aromatic N) is 3. The summed E-state index contributed by atoms with van der Waals surface area (Å²) < 4.78 is 1.46. The van der Waals surface area contributed by atoms with Crippen molar-refractivity contribution >= 4 is 35.1 Å². The molecule has 1 saturated carbocycles. The minimum atomic E-state index is -0.944. The molecule has 9 heteroatoms. The maximum Gasteiger partial charge on any atom is 0.305 e.